The van der Waals surface area contributed by atoms with Crippen LogP contribution in [0.3, 0.4) is 0 Å². The molecule has 0 amide bonds. The van der Waals surface area contributed by atoms with Crippen molar-refractivity contribution in [2.24, 2.45) is 0 Å². The zero-order chi connectivity index (χ0) is 17.6. The van der Waals surface area contributed by atoms with Gasteiger partial charge < -0.3 is 15.8 Å². The monoisotopic (exact) mass is 341 g/mol. The second-order valence-electron chi connectivity index (χ2n) is 6.86. The number of rotatable bonds is 5. The molecule has 2 rings (SSSR count). The van der Waals surface area contributed by atoms with Crippen LogP contribution in [0.1, 0.15) is 40.2 Å². The van der Waals surface area contributed by atoms with Crippen LogP contribution in [0, 0.1) is 0 Å². The van der Waals surface area contributed by atoms with Crippen LogP contribution < -0.4 is 15.4 Å². The first-order valence-corrected chi connectivity index (χ1v) is 9.21. The van der Waals surface area contributed by atoms with Crippen molar-refractivity contribution in [1.82, 2.24) is 0 Å². The Labute approximate surface area is 139 Å². The minimum absolute atomic E-state index is 0.0684. The third-order valence-electron chi connectivity index (χ3n) is 4.25. The maximum Gasteiger partial charge on any atom is 0.244 e. The van der Waals surface area contributed by atoms with Crippen LogP contribution in [0.5, 0.6) is 0 Å². The maximum atomic E-state index is 12.9. The van der Waals surface area contributed by atoms with E-state index in [1.54, 1.807) is 27.0 Å². The normalized spacial score (nSPS) is 19.7. The minimum atomic E-state index is -3.47. The quantitative estimate of drug-likeness (QED) is 0.804. The first-order valence-electron chi connectivity index (χ1n) is 7.77. The molecule has 0 saturated carbocycles. The van der Waals surface area contributed by atoms with E-state index in [4.69, 9.17) is 10.5 Å². The lowest BCUT2D eigenvalue weighted by atomic mass is 9.98. The summed E-state index contributed by atoms with van der Waals surface area (Å²) >= 11 is 0. The molecule has 0 spiro atoms. The molecule has 7 heteroatoms. The molecule has 1 atom stereocenters. The molecule has 23 heavy (non-hydrogen) atoms. The number of sulfonamides is 1. The lowest BCUT2D eigenvalue weighted by molar-refractivity contribution is 0.190. The van der Waals surface area contributed by atoms with Gasteiger partial charge in [-0.25, -0.2) is 8.42 Å². The van der Waals surface area contributed by atoms with Crippen LogP contribution in [0.4, 0.5) is 17.1 Å². The van der Waals surface area contributed by atoms with Crippen LogP contribution in [0.25, 0.3) is 0 Å². The van der Waals surface area contributed by atoms with Crippen LogP contribution >= 0.6 is 0 Å². The molecule has 3 N–H and O–H groups in total. The molecule has 1 aromatic rings. The van der Waals surface area contributed by atoms with Gasteiger partial charge in [0.2, 0.25) is 10.0 Å². The Balaban J connectivity index is 2.57. The Bertz CT molecular complexity index is 699. The predicted octanol–water partition coefficient (Wildman–Crippen LogP) is 2.51. The number of nitrogens with one attached hydrogen (secondary N) is 1. The van der Waals surface area contributed by atoms with Gasteiger partial charge in [0.25, 0.3) is 0 Å². The average Bonchev–Trinajstić information content (AvgIpc) is 2.55. The van der Waals surface area contributed by atoms with Crippen molar-refractivity contribution in [3.05, 3.63) is 17.7 Å². The molecule has 0 saturated heterocycles. The smallest absolute Gasteiger partial charge is 0.244 e. The summed E-state index contributed by atoms with van der Waals surface area (Å²) in [5.74, 6) is 0. The highest BCUT2D eigenvalue weighted by molar-refractivity contribution is 7.94. The number of hydrogen-bond donors (Lipinski definition) is 2. The maximum absolute atomic E-state index is 12.9. The SMILES string of the molecule is COCC(C)Nc1cc2c(cc1N)C(C)(C)S(=O)(=O)N2C(C)C. The highest BCUT2D eigenvalue weighted by Gasteiger charge is 2.50. The van der Waals surface area contributed by atoms with Crippen LogP contribution in [0.15, 0.2) is 12.1 Å². The second kappa shape index (κ2) is 5.87. The van der Waals surface area contributed by atoms with Gasteiger partial charge in [-0.05, 0) is 46.8 Å². The van der Waals surface area contributed by atoms with Gasteiger partial charge >= 0.3 is 0 Å². The first-order chi connectivity index (χ1) is 10.5. The number of hydrogen-bond acceptors (Lipinski definition) is 5. The molecule has 0 aliphatic carbocycles. The Morgan fingerprint density at radius 2 is 1.91 bits per heavy atom. The molecule has 1 aliphatic heterocycles. The van der Waals surface area contributed by atoms with Crippen molar-refractivity contribution < 1.29 is 13.2 Å². The van der Waals surface area contributed by atoms with E-state index in [9.17, 15) is 8.42 Å². The topological polar surface area (TPSA) is 84.7 Å². The van der Waals surface area contributed by atoms with Crippen LogP contribution in [-0.4, -0.2) is 34.2 Å². The third-order valence-corrected chi connectivity index (χ3v) is 6.89. The van der Waals surface area contributed by atoms with Gasteiger partial charge in [0, 0.05) is 24.8 Å². The lowest BCUT2D eigenvalue weighted by Crippen LogP contribution is -2.39. The van der Waals surface area contributed by atoms with Gasteiger partial charge in [0.05, 0.1) is 23.7 Å². The molecule has 1 aliphatic rings. The van der Waals surface area contributed by atoms with Gasteiger partial charge in [-0.2, -0.15) is 0 Å². The number of benzene rings is 1. The number of nitrogens with zero attached hydrogens (tertiary/aromatic N) is 1. The zero-order valence-electron chi connectivity index (χ0n) is 14.7. The third kappa shape index (κ3) is 2.76. The van der Waals surface area contributed by atoms with Crippen molar-refractivity contribution in [2.75, 3.05) is 29.1 Å². The second-order valence-corrected chi connectivity index (χ2v) is 9.23. The molecule has 0 fully saturated rings. The fourth-order valence-electron chi connectivity index (χ4n) is 3.02. The van der Waals surface area contributed by atoms with E-state index < -0.39 is 14.8 Å². The van der Waals surface area contributed by atoms with E-state index in [0.717, 1.165) is 11.3 Å². The summed E-state index contributed by atoms with van der Waals surface area (Å²) in [7, 11) is -1.83. The number of ether oxygens (including phenoxy) is 1. The molecule has 0 aromatic heterocycles. The molecular formula is C16H27N3O3S. The fraction of sp³-hybridized carbons (Fsp3) is 0.625. The molecular weight excluding hydrogens is 314 g/mol. The number of nitrogens with two attached hydrogens (primary N) is 1. The van der Waals surface area contributed by atoms with E-state index in [2.05, 4.69) is 5.32 Å². The molecule has 0 radical (unpaired) electrons. The first kappa shape index (κ1) is 17.9. The molecule has 0 bridgehead atoms. The molecule has 130 valence electrons. The number of anilines is 3. The number of nitrogen functional groups attached to an aromatic ring is 1. The summed E-state index contributed by atoms with van der Waals surface area (Å²) in [6, 6.07) is 3.52. The van der Waals surface area contributed by atoms with E-state index >= 15 is 0 Å². The van der Waals surface area contributed by atoms with E-state index in [1.807, 2.05) is 26.8 Å². The standard InChI is InChI=1S/C16H27N3O3S/c1-10(2)19-15-8-14(18-11(3)9-22-6)13(17)7-12(15)16(4,5)23(19,20)21/h7-8,10-11,18H,9,17H2,1-6H3. The highest BCUT2D eigenvalue weighted by atomic mass is 32.2. The summed E-state index contributed by atoms with van der Waals surface area (Å²) in [4.78, 5) is 0. The minimum Gasteiger partial charge on any atom is -0.397 e. The Kier molecular flexibility index (Phi) is 4.56. The van der Waals surface area contributed by atoms with Crippen molar-refractivity contribution in [1.29, 1.82) is 0 Å². The zero-order valence-corrected chi connectivity index (χ0v) is 15.5. The van der Waals surface area contributed by atoms with Gasteiger partial charge in [-0.15, -0.1) is 0 Å². The van der Waals surface area contributed by atoms with Gasteiger partial charge in [-0.1, -0.05) is 0 Å². The molecule has 6 nitrogen and oxygen atoms in total. The van der Waals surface area contributed by atoms with Gasteiger partial charge in [-0.3, -0.25) is 4.31 Å². The largest absolute Gasteiger partial charge is 0.397 e. The fourth-order valence-corrected chi connectivity index (χ4v) is 4.92. The van der Waals surface area contributed by atoms with Crippen LogP contribution in [0.2, 0.25) is 0 Å². The lowest BCUT2D eigenvalue weighted by Gasteiger charge is -2.26. The Hall–Kier alpha value is -1.47. The van der Waals surface area contributed by atoms with Gasteiger partial charge in [0.15, 0.2) is 0 Å². The van der Waals surface area contributed by atoms with Gasteiger partial charge in [0.1, 0.15) is 4.75 Å². The molecule has 1 unspecified atom stereocenters. The van der Waals surface area contributed by atoms with E-state index in [1.165, 1.54) is 4.31 Å². The van der Waals surface area contributed by atoms with E-state index in [-0.39, 0.29) is 12.1 Å². The van der Waals surface area contributed by atoms with Crippen LogP contribution in [-0.2, 0) is 19.5 Å². The van der Waals surface area contributed by atoms with Crippen molar-refractivity contribution >= 4 is 27.1 Å². The van der Waals surface area contributed by atoms with Crippen molar-refractivity contribution in [3.63, 3.8) is 0 Å². The molecule has 1 heterocycles. The predicted molar refractivity (Wildman–Crippen MR) is 95.4 cm³/mol. The van der Waals surface area contributed by atoms with E-state index in [0.29, 0.717) is 18.0 Å². The summed E-state index contributed by atoms with van der Waals surface area (Å²) < 4.78 is 31.4. The van der Waals surface area contributed by atoms with Crippen molar-refractivity contribution in [3.8, 4) is 0 Å². The Morgan fingerprint density at radius 1 is 1.30 bits per heavy atom. The molecule has 1 aromatic carbocycles. The number of methoxy groups -OCH3 is 1. The summed E-state index contributed by atoms with van der Waals surface area (Å²) in [6.45, 7) is 9.72. The number of fused-ring (bicyclic) bond motifs is 1. The van der Waals surface area contributed by atoms with Crippen molar-refractivity contribution in [2.45, 2.75) is 51.4 Å². The summed E-state index contributed by atoms with van der Waals surface area (Å²) in [5, 5.41) is 3.28. The highest BCUT2D eigenvalue weighted by Crippen LogP contribution is 2.50. The average molecular weight is 341 g/mol. The summed E-state index contributed by atoms with van der Waals surface area (Å²) in [6.07, 6.45) is 0. The Morgan fingerprint density at radius 3 is 2.43 bits per heavy atom. The summed E-state index contributed by atoms with van der Waals surface area (Å²) in [5.41, 5.74) is 8.87.